The summed E-state index contributed by atoms with van der Waals surface area (Å²) >= 11 is 0. The van der Waals surface area contributed by atoms with Crippen molar-refractivity contribution in [1.29, 1.82) is 0 Å². The number of rotatable bonds is 4. The Hall–Kier alpha value is -2.75. The van der Waals surface area contributed by atoms with Crippen LogP contribution in [0.25, 0.3) is 0 Å². The number of aryl methyl sites for hydroxylation is 1. The molecule has 1 aromatic carbocycles. The van der Waals surface area contributed by atoms with Gasteiger partial charge in [-0.1, -0.05) is 0 Å². The molecule has 0 spiro atoms. The zero-order chi connectivity index (χ0) is 17.3. The van der Waals surface area contributed by atoms with Gasteiger partial charge in [-0.3, -0.25) is 9.40 Å². The van der Waals surface area contributed by atoms with Gasteiger partial charge in [0.1, 0.15) is 5.69 Å². The first-order valence-electron chi connectivity index (χ1n) is 7.06. The fraction of sp³-hybridized carbons (Fsp3) is 0.286. The number of hydrogen-bond acceptors (Lipinski definition) is 6. The Bertz CT molecular complexity index is 890. The van der Waals surface area contributed by atoms with Gasteiger partial charge in [-0.25, -0.2) is 13.2 Å². The molecule has 1 aliphatic heterocycles. The van der Waals surface area contributed by atoms with E-state index in [1.54, 1.807) is 0 Å². The summed E-state index contributed by atoms with van der Waals surface area (Å²) in [4.78, 5) is 11.2. The Kier molecular flexibility index (Phi) is 4.06. The van der Waals surface area contributed by atoms with Crippen LogP contribution in [0.5, 0.6) is 11.5 Å². The van der Waals surface area contributed by atoms with Gasteiger partial charge >= 0.3 is 5.97 Å². The van der Waals surface area contributed by atoms with E-state index in [1.807, 2.05) is 0 Å². The van der Waals surface area contributed by atoms with Crippen LogP contribution in [-0.4, -0.2) is 42.5 Å². The molecule has 0 saturated heterocycles. The molecule has 0 aliphatic carbocycles. The first-order chi connectivity index (χ1) is 11.4. The van der Waals surface area contributed by atoms with Gasteiger partial charge in [-0.05, 0) is 12.1 Å². The summed E-state index contributed by atoms with van der Waals surface area (Å²) < 4.78 is 39.3. The summed E-state index contributed by atoms with van der Waals surface area (Å²) in [5.74, 6) is -0.481. The number of sulfonamides is 1. The van der Waals surface area contributed by atoms with Crippen LogP contribution in [0.15, 0.2) is 29.3 Å². The lowest BCUT2D eigenvalue weighted by Gasteiger charge is -2.11. The van der Waals surface area contributed by atoms with Crippen LogP contribution in [0.2, 0.25) is 0 Å². The number of ether oxygens (including phenoxy) is 2. The molecule has 0 saturated carbocycles. The number of aromatic nitrogens is 2. The van der Waals surface area contributed by atoms with Gasteiger partial charge in [0.15, 0.2) is 17.2 Å². The predicted octanol–water partition coefficient (Wildman–Crippen LogP) is 1.08. The van der Waals surface area contributed by atoms with E-state index in [0.29, 0.717) is 31.1 Å². The monoisotopic (exact) mass is 353 g/mol. The molecule has 0 bridgehead atoms. The van der Waals surface area contributed by atoms with E-state index >= 15 is 0 Å². The predicted molar refractivity (Wildman–Crippen MR) is 83.0 cm³/mol. The van der Waals surface area contributed by atoms with E-state index in [9.17, 15) is 13.2 Å². The number of hydrogen-bond donors (Lipinski definition) is 2. The summed E-state index contributed by atoms with van der Waals surface area (Å²) in [6.07, 6.45) is 1.84. The summed E-state index contributed by atoms with van der Waals surface area (Å²) in [6, 6.07) is 4.23. The number of carboxylic acids is 1. The molecule has 10 heteroatoms. The molecule has 2 aromatic rings. The van der Waals surface area contributed by atoms with E-state index < -0.39 is 16.0 Å². The third-order valence-electron chi connectivity index (χ3n) is 3.41. The lowest BCUT2D eigenvalue weighted by atomic mass is 10.3. The summed E-state index contributed by atoms with van der Waals surface area (Å²) in [5.41, 5.74) is -0.370. The number of carbonyl (C=O) groups is 1. The summed E-state index contributed by atoms with van der Waals surface area (Å²) in [7, 11) is -2.59. The molecule has 0 amide bonds. The fourth-order valence-corrected chi connectivity index (χ4v) is 3.35. The van der Waals surface area contributed by atoms with Gasteiger partial charge < -0.3 is 14.6 Å². The van der Waals surface area contributed by atoms with Crippen LogP contribution >= 0.6 is 0 Å². The Morgan fingerprint density at radius 2 is 2.00 bits per heavy atom. The highest BCUT2D eigenvalue weighted by Gasteiger charge is 2.23. The zero-order valence-corrected chi connectivity index (χ0v) is 13.5. The number of nitrogens with zero attached hydrogens (tertiary/aromatic N) is 2. The van der Waals surface area contributed by atoms with Crippen molar-refractivity contribution in [2.24, 2.45) is 7.05 Å². The van der Waals surface area contributed by atoms with Crippen molar-refractivity contribution in [2.75, 3.05) is 17.9 Å². The molecule has 2 heterocycles. The Morgan fingerprint density at radius 1 is 1.29 bits per heavy atom. The minimum atomic E-state index is -4.00. The average molecular weight is 353 g/mol. The van der Waals surface area contributed by atoms with E-state index in [4.69, 9.17) is 14.6 Å². The second-order valence-corrected chi connectivity index (χ2v) is 6.78. The van der Waals surface area contributed by atoms with Crippen LogP contribution in [0.3, 0.4) is 0 Å². The van der Waals surface area contributed by atoms with Crippen molar-refractivity contribution < 1.29 is 27.8 Å². The van der Waals surface area contributed by atoms with Crippen molar-refractivity contribution in [1.82, 2.24) is 9.78 Å². The first kappa shape index (κ1) is 16.1. The van der Waals surface area contributed by atoms with E-state index in [2.05, 4.69) is 9.82 Å². The van der Waals surface area contributed by atoms with Crippen molar-refractivity contribution in [3.63, 3.8) is 0 Å². The van der Waals surface area contributed by atoms with Crippen LogP contribution in [0, 0.1) is 0 Å². The molecule has 1 aliphatic rings. The van der Waals surface area contributed by atoms with Crippen LogP contribution in [-0.2, 0) is 17.1 Å². The minimum absolute atomic E-state index is 0.0630. The highest BCUT2D eigenvalue weighted by atomic mass is 32.2. The molecule has 24 heavy (non-hydrogen) atoms. The Balaban J connectivity index is 1.94. The first-order valence-corrected chi connectivity index (χ1v) is 8.54. The molecule has 0 unspecified atom stereocenters. The third-order valence-corrected chi connectivity index (χ3v) is 4.78. The maximum absolute atomic E-state index is 12.5. The molecule has 2 N–H and O–H groups in total. The quantitative estimate of drug-likeness (QED) is 0.844. The number of aromatic carboxylic acids is 1. The topological polar surface area (TPSA) is 120 Å². The van der Waals surface area contributed by atoms with Gasteiger partial charge in [-0.2, -0.15) is 5.10 Å². The van der Waals surface area contributed by atoms with E-state index in [-0.39, 0.29) is 16.3 Å². The van der Waals surface area contributed by atoms with Gasteiger partial charge in [0.2, 0.25) is 0 Å². The number of nitrogens with one attached hydrogen (secondary N) is 1. The third kappa shape index (κ3) is 3.00. The maximum atomic E-state index is 12.5. The summed E-state index contributed by atoms with van der Waals surface area (Å²) in [6.45, 7) is 0.921. The van der Waals surface area contributed by atoms with Gasteiger partial charge in [-0.15, -0.1) is 0 Å². The van der Waals surface area contributed by atoms with Crippen LogP contribution in [0.1, 0.15) is 16.9 Å². The summed E-state index contributed by atoms with van der Waals surface area (Å²) in [5, 5.41) is 12.9. The average Bonchev–Trinajstić information content (AvgIpc) is 2.73. The normalized spacial score (nSPS) is 14.0. The molecule has 9 nitrogen and oxygen atoms in total. The minimum Gasteiger partial charge on any atom is -0.490 e. The highest BCUT2D eigenvalue weighted by molar-refractivity contribution is 7.92. The number of benzene rings is 1. The molecular formula is C14H15N3O6S. The zero-order valence-electron chi connectivity index (χ0n) is 12.7. The molecule has 128 valence electrons. The van der Waals surface area contributed by atoms with Gasteiger partial charge in [0.05, 0.1) is 24.3 Å². The SMILES string of the molecule is Cn1ncc(NS(=O)(=O)c2ccc3c(c2)OCCCO3)c1C(=O)O. The smallest absolute Gasteiger partial charge is 0.356 e. The number of fused-ring (bicyclic) bond motifs is 1. The molecule has 0 radical (unpaired) electrons. The van der Waals surface area contributed by atoms with Gasteiger partial charge in [0.25, 0.3) is 10.0 Å². The molecule has 3 rings (SSSR count). The van der Waals surface area contributed by atoms with Crippen molar-refractivity contribution in [3.05, 3.63) is 30.1 Å². The molecule has 1 aromatic heterocycles. The van der Waals surface area contributed by atoms with Gasteiger partial charge in [0, 0.05) is 19.5 Å². The van der Waals surface area contributed by atoms with E-state index in [1.165, 1.54) is 25.2 Å². The Labute approximate surface area is 137 Å². The molecule has 0 atom stereocenters. The second kappa shape index (κ2) is 6.04. The molecule has 0 fully saturated rings. The highest BCUT2D eigenvalue weighted by Crippen LogP contribution is 2.32. The van der Waals surface area contributed by atoms with Crippen LogP contribution < -0.4 is 14.2 Å². The van der Waals surface area contributed by atoms with E-state index in [0.717, 1.165) is 10.9 Å². The standard InChI is InChI=1S/C14H15N3O6S/c1-17-13(14(18)19)10(8-15-17)16-24(20,21)9-3-4-11-12(7-9)23-6-2-5-22-11/h3-4,7-8,16H,2,5-6H2,1H3,(H,18,19). The lowest BCUT2D eigenvalue weighted by Crippen LogP contribution is -2.16. The van der Waals surface area contributed by atoms with Crippen LogP contribution in [0.4, 0.5) is 5.69 Å². The largest absolute Gasteiger partial charge is 0.490 e. The van der Waals surface area contributed by atoms with Crippen molar-refractivity contribution in [3.8, 4) is 11.5 Å². The van der Waals surface area contributed by atoms with Crippen molar-refractivity contribution in [2.45, 2.75) is 11.3 Å². The number of carboxylic acid groups (broad SMARTS) is 1. The molecular weight excluding hydrogens is 338 g/mol. The maximum Gasteiger partial charge on any atom is 0.356 e. The fourth-order valence-electron chi connectivity index (χ4n) is 2.28. The van der Waals surface area contributed by atoms with Crippen molar-refractivity contribution >= 4 is 21.7 Å². The second-order valence-electron chi connectivity index (χ2n) is 5.10. The lowest BCUT2D eigenvalue weighted by molar-refractivity contribution is 0.0686. The Morgan fingerprint density at radius 3 is 2.71 bits per heavy atom. The number of anilines is 1.